The molecule has 3 aromatic rings. The van der Waals surface area contributed by atoms with Gasteiger partial charge < -0.3 is 4.42 Å². The topological polar surface area (TPSA) is 13.1 Å². The van der Waals surface area contributed by atoms with Crippen LogP contribution in [0.5, 0.6) is 0 Å². The highest BCUT2D eigenvalue weighted by atomic mass is 31.0. The zero-order valence-electron chi connectivity index (χ0n) is 8.45. The Morgan fingerprint density at radius 3 is 2.80 bits per heavy atom. The molecule has 0 aliphatic heterocycles. The van der Waals surface area contributed by atoms with Gasteiger partial charge in [-0.1, -0.05) is 24.3 Å². The summed E-state index contributed by atoms with van der Waals surface area (Å²) in [6.45, 7) is 2.08. The zero-order valence-corrected chi connectivity index (χ0v) is 9.60. The Bertz CT molecular complexity index is 652. The smallest absolute Gasteiger partial charge is 0.136 e. The number of benzene rings is 2. The normalized spacial score (nSPS) is 11.3. The Hall–Kier alpha value is -1.33. The molecule has 3 rings (SSSR count). The van der Waals surface area contributed by atoms with Crippen molar-refractivity contribution in [1.29, 1.82) is 0 Å². The summed E-state index contributed by atoms with van der Waals surface area (Å²) in [6.07, 6.45) is 0. The third kappa shape index (κ3) is 1.27. The van der Waals surface area contributed by atoms with E-state index in [4.69, 9.17) is 4.42 Å². The lowest BCUT2D eigenvalue weighted by Gasteiger charge is -1.94. The van der Waals surface area contributed by atoms with E-state index in [0.29, 0.717) is 0 Å². The van der Waals surface area contributed by atoms with Gasteiger partial charge in [0.05, 0.1) is 0 Å². The van der Waals surface area contributed by atoms with Gasteiger partial charge in [-0.2, -0.15) is 0 Å². The zero-order chi connectivity index (χ0) is 10.4. The number of hydrogen-bond donors (Lipinski definition) is 0. The van der Waals surface area contributed by atoms with Gasteiger partial charge in [-0.05, 0) is 29.9 Å². The van der Waals surface area contributed by atoms with Crippen molar-refractivity contribution in [2.45, 2.75) is 6.92 Å². The molecule has 1 heterocycles. The molecule has 74 valence electrons. The Morgan fingerprint density at radius 2 is 1.93 bits per heavy atom. The van der Waals surface area contributed by atoms with Crippen LogP contribution in [0.2, 0.25) is 0 Å². The molecule has 0 N–H and O–H groups in total. The van der Waals surface area contributed by atoms with Crippen molar-refractivity contribution in [1.82, 2.24) is 0 Å². The minimum atomic E-state index is 0.961. The summed E-state index contributed by atoms with van der Waals surface area (Å²) in [7, 11) is 2.76. The van der Waals surface area contributed by atoms with E-state index >= 15 is 0 Å². The molecule has 1 aromatic heterocycles. The quantitative estimate of drug-likeness (QED) is 0.523. The van der Waals surface area contributed by atoms with E-state index in [0.717, 1.165) is 11.2 Å². The molecule has 0 saturated heterocycles. The molecule has 0 aliphatic carbocycles. The third-order valence-electron chi connectivity index (χ3n) is 2.68. The average Bonchev–Trinajstić information content (AvgIpc) is 2.56. The van der Waals surface area contributed by atoms with Crippen molar-refractivity contribution in [2.24, 2.45) is 0 Å². The molecule has 0 radical (unpaired) electrons. The summed E-state index contributed by atoms with van der Waals surface area (Å²) >= 11 is 0. The van der Waals surface area contributed by atoms with E-state index in [9.17, 15) is 0 Å². The van der Waals surface area contributed by atoms with Gasteiger partial charge in [0.2, 0.25) is 0 Å². The van der Waals surface area contributed by atoms with Gasteiger partial charge in [0.15, 0.2) is 0 Å². The molecule has 1 unspecified atom stereocenters. The van der Waals surface area contributed by atoms with Gasteiger partial charge in [-0.25, -0.2) is 0 Å². The number of fused-ring (bicyclic) bond motifs is 3. The summed E-state index contributed by atoms with van der Waals surface area (Å²) in [5.41, 5.74) is 3.16. The van der Waals surface area contributed by atoms with Crippen molar-refractivity contribution in [2.75, 3.05) is 0 Å². The van der Waals surface area contributed by atoms with Crippen LogP contribution in [0.25, 0.3) is 21.9 Å². The van der Waals surface area contributed by atoms with Gasteiger partial charge in [0.25, 0.3) is 0 Å². The van der Waals surface area contributed by atoms with Crippen LogP contribution >= 0.6 is 9.24 Å². The molecule has 15 heavy (non-hydrogen) atoms. The summed E-state index contributed by atoms with van der Waals surface area (Å²) in [5, 5.41) is 3.59. The maximum atomic E-state index is 5.80. The van der Waals surface area contributed by atoms with Gasteiger partial charge in [-0.15, -0.1) is 9.24 Å². The molecule has 0 bridgehead atoms. The third-order valence-corrected chi connectivity index (χ3v) is 3.17. The van der Waals surface area contributed by atoms with Gasteiger partial charge in [-0.3, -0.25) is 0 Å². The molecule has 0 spiro atoms. The van der Waals surface area contributed by atoms with Crippen LogP contribution in [0.15, 0.2) is 40.8 Å². The van der Waals surface area contributed by atoms with Crippen molar-refractivity contribution >= 4 is 36.5 Å². The lowest BCUT2D eigenvalue weighted by atomic mass is 10.1. The van der Waals surface area contributed by atoms with Gasteiger partial charge in [0, 0.05) is 10.8 Å². The fraction of sp³-hybridized carbons (Fsp3) is 0.0769. The maximum absolute atomic E-state index is 5.80. The molecule has 0 fully saturated rings. The van der Waals surface area contributed by atoms with E-state index in [1.165, 1.54) is 21.6 Å². The molecular weight excluding hydrogens is 203 g/mol. The second-order valence-corrected chi connectivity index (χ2v) is 4.44. The second kappa shape index (κ2) is 3.08. The lowest BCUT2D eigenvalue weighted by molar-refractivity contribution is 0.668. The standard InChI is InChI=1S/C13H11OP/c1-8-5-6-9-11(7-8)14-10-3-2-4-12(15)13(9)10/h2-7H,15H2,1H3. The molecule has 1 atom stereocenters. The predicted octanol–water partition coefficient (Wildman–Crippen LogP) is 3.39. The first-order chi connectivity index (χ1) is 7.25. The molecule has 0 amide bonds. The SMILES string of the molecule is Cc1ccc2c(c1)oc1cccc(P)c12. The molecule has 2 heteroatoms. The van der Waals surface area contributed by atoms with Crippen LogP contribution in [0, 0.1) is 6.92 Å². The van der Waals surface area contributed by atoms with E-state index in [1.807, 2.05) is 12.1 Å². The van der Waals surface area contributed by atoms with E-state index in [1.54, 1.807) is 0 Å². The average molecular weight is 214 g/mol. The number of hydrogen-bond acceptors (Lipinski definition) is 1. The lowest BCUT2D eigenvalue weighted by Crippen LogP contribution is -1.88. The first-order valence-corrected chi connectivity index (χ1v) is 5.51. The van der Waals surface area contributed by atoms with E-state index in [-0.39, 0.29) is 0 Å². The van der Waals surface area contributed by atoms with Crippen LogP contribution < -0.4 is 5.30 Å². The van der Waals surface area contributed by atoms with Crippen molar-refractivity contribution in [3.63, 3.8) is 0 Å². The van der Waals surface area contributed by atoms with E-state index in [2.05, 4.69) is 40.4 Å². The van der Waals surface area contributed by atoms with Gasteiger partial charge in [0.1, 0.15) is 11.2 Å². The number of furan rings is 1. The van der Waals surface area contributed by atoms with E-state index < -0.39 is 0 Å². The summed E-state index contributed by atoms with van der Waals surface area (Å²) in [4.78, 5) is 0. The summed E-state index contributed by atoms with van der Waals surface area (Å²) < 4.78 is 5.80. The molecular formula is C13H11OP. The van der Waals surface area contributed by atoms with Crippen LogP contribution in [0.4, 0.5) is 0 Å². The Balaban J connectivity index is 2.59. The predicted molar refractivity (Wildman–Crippen MR) is 67.8 cm³/mol. The first-order valence-electron chi connectivity index (χ1n) is 4.93. The minimum Gasteiger partial charge on any atom is -0.456 e. The Labute approximate surface area is 90.3 Å². The molecule has 1 nitrogen and oxygen atoms in total. The minimum absolute atomic E-state index is 0.961. The Morgan fingerprint density at radius 1 is 1.07 bits per heavy atom. The van der Waals surface area contributed by atoms with Crippen LogP contribution in [-0.2, 0) is 0 Å². The van der Waals surface area contributed by atoms with Crippen LogP contribution in [0.3, 0.4) is 0 Å². The Kier molecular flexibility index (Phi) is 1.83. The van der Waals surface area contributed by atoms with Crippen molar-refractivity contribution in [3.8, 4) is 0 Å². The summed E-state index contributed by atoms with van der Waals surface area (Å²) in [6, 6.07) is 12.4. The first kappa shape index (κ1) is 8.94. The molecule has 2 aromatic carbocycles. The molecule has 0 aliphatic rings. The fourth-order valence-corrected chi connectivity index (χ4v) is 2.37. The van der Waals surface area contributed by atoms with Crippen molar-refractivity contribution in [3.05, 3.63) is 42.0 Å². The number of aryl methyl sites for hydroxylation is 1. The second-order valence-electron chi connectivity index (χ2n) is 3.82. The fourth-order valence-electron chi connectivity index (χ4n) is 1.96. The largest absolute Gasteiger partial charge is 0.456 e. The molecule has 0 saturated carbocycles. The van der Waals surface area contributed by atoms with Crippen LogP contribution in [-0.4, -0.2) is 0 Å². The highest BCUT2D eigenvalue weighted by Gasteiger charge is 2.07. The van der Waals surface area contributed by atoms with Gasteiger partial charge >= 0.3 is 0 Å². The maximum Gasteiger partial charge on any atom is 0.136 e. The van der Waals surface area contributed by atoms with Crippen LogP contribution in [0.1, 0.15) is 5.56 Å². The number of rotatable bonds is 0. The van der Waals surface area contributed by atoms with Crippen molar-refractivity contribution < 1.29 is 4.42 Å². The highest BCUT2D eigenvalue weighted by molar-refractivity contribution is 7.28. The summed E-state index contributed by atoms with van der Waals surface area (Å²) in [5.74, 6) is 0. The highest BCUT2D eigenvalue weighted by Crippen LogP contribution is 2.28. The monoisotopic (exact) mass is 214 g/mol.